The van der Waals surface area contributed by atoms with Crippen molar-refractivity contribution in [3.05, 3.63) is 29.6 Å². The van der Waals surface area contributed by atoms with Crippen LogP contribution in [0.4, 0.5) is 10.1 Å². The van der Waals surface area contributed by atoms with Gasteiger partial charge in [0.15, 0.2) is 0 Å². The van der Waals surface area contributed by atoms with E-state index >= 15 is 0 Å². The van der Waals surface area contributed by atoms with Crippen LogP contribution in [0.1, 0.15) is 18.9 Å². The first kappa shape index (κ1) is 8.54. The van der Waals surface area contributed by atoms with Crippen LogP contribution in [0, 0.1) is 5.82 Å². The molecule has 0 atom stereocenters. The number of hydrogen-bond donors (Lipinski definition) is 0. The maximum atomic E-state index is 13.4. The van der Waals surface area contributed by atoms with Crippen molar-refractivity contribution >= 4 is 5.69 Å². The second kappa shape index (κ2) is 3.36. The fourth-order valence-corrected chi connectivity index (χ4v) is 1.99. The van der Waals surface area contributed by atoms with E-state index in [2.05, 4.69) is 11.8 Å². The molecule has 0 N–H and O–H groups in total. The minimum atomic E-state index is -0.0457. The van der Waals surface area contributed by atoms with Crippen LogP contribution in [0.2, 0.25) is 0 Å². The van der Waals surface area contributed by atoms with Gasteiger partial charge in [-0.2, -0.15) is 0 Å². The lowest BCUT2D eigenvalue weighted by Crippen LogP contribution is -2.29. The standard InChI is InChI=1S/C11H14FN/c1-2-13-8-4-5-9-10(12)6-3-7-11(9)13/h3,6-7H,2,4-5,8H2,1H3. The number of halogens is 1. The zero-order valence-corrected chi connectivity index (χ0v) is 7.89. The van der Waals surface area contributed by atoms with Crippen molar-refractivity contribution in [3.63, 3.8) is 0 Å². The van der Waals surface area contributed by atoms with Gasteiger partial charge in [-0.05, 0) is 31.9 Å². The van der Waals surface area contributed by atoms with Crippen LogP contribution in [0.25, 0.3) is 0 Å². The molecule has 1 aliphatic heterocycles. The maximum absolute atomic E-state index is 13.4. The van der Waals surface area contributed by atoms with Crippen LogP contribution in [0.3, 0.4) is 0 Å². The molecule has 2 heteroatoms. The SMILES string of the molecule is CCN1CCCc2c(F)cccc21. The van der Waals surface area contributed by atoms with Gasteiger partial charge in [0.1, 0.15) is 5.82 Å². The van der Waals surface area contributed by atoms with Gasteiger partial charge in [-0.25, -0.2) is 4.39 Å². The van der Waals surface area contributed by atoms with E-state index in [0.717, 1.165) is 37.2 Å². The molecule has 70 valence electrons. The monoisotopic (exact) mass is 179 g/mol. The van der Waals surface area contributed by atoms with Crippen molar-refractivity contribution in [3.8, 4) is 0 Å². The van der Waals surface area contributed by atoms with Crippen LogP contribution >= 0.6 is 0 Å². The summed E-state index contributed by atoms with van der Waals surface area (Å²) >= 11 is 0. The van der Waals surface area contributed by atoms with Crippen molar-refractivity contribution < 1.29 is 4.39 Å². The van der Waals surface area contributed by atoms with Crippen LogP contribution in [0.5, 0.6) is 0 Å². The number of rotatable bonds is 1. The lowest BCUT2D eigenvalue weighted by Gasteiger charge is -2.30. The molecule has 0 bridgehead atoms. The number of nitrogens with zero attached hydrogens (tertiary/aromatic N) is 1. The van der Waals surface area contributed by atoms with Crippen LogP contribution in [-0.2, 0) is 6.42 Å². The molecule has 0 unspecified atom stereocenters. The summed E-state index contributed by atoms with van der Waals surface area (Å²) in [4.78, 5) is 2.24. The Kier molecular flexibility index (Phi) is 2.21. The van der Waals surface area contributed by atoms with Gasteiger partial charge in [-0.15, -0.1) is 0 Å². The molecular formula is C11H14FN. The predicted octanol–water partition coefficient (Wildman–Crippen LogP) is 2.60. The van der Waals surface area contributed by atoms with E-state index in [1.165, 1.54) is 0 Å². The summed E-state index contributed by atoms with van der Waals surface area (Å²) in [5.41, 5.74) is 1.99. The van der Waals surface area contributed by atoms with E-state index in [1.807, 2.05) is 6.07 Å². The summed E-state index contributed by atoms with van der Waals surface area (Å²) in [5.74, 6) is -0.0457. The van der Waals surface area contributed by atoms with Crippen molar-refractivity contribution in [1.29, 1.82) is 0 Å². The Labute approximate surface area is 78.2 Å². The van der Waals surface area contributed by atoms with Crippen LogP contribution < -0.4 is 4.90 Å². The molecule has 0 saturated carbocycles. The molecule has 0 radical (unpaired) electrons. The first-order valence-electron chi connectivity index (χ1n) is 4.85. The van der Waals surface area contributed by atoms with Gasteiger partial charge in [0, 0.05) is 24.3 Å². The zero-order valence-electron chi connectivity index (χ0n) is 7.89. The molecule has 13 heavy (non-hydrogen) atoms. The van der Waals surface area contributed by atoms with E-state index in [1.54, 1.807) is 12.1 Å². The third kappa shape index (κ3) is 1.41. The van der Waals surface area contributed by atoms with Gasteiger partial charge in [0.05, 0.1) is 0 Å². The largest absolute Gasteiger partial charge is 0.371 e. The van der Waals surface area contributed by atoms with Crippen LogP contribution in [-0.4, -0.2) is 13.1 Å². The summed E-state index contributed by atoms with van der Waals surface area (Å²) < 4.78 is 13.4. The number of fused-ring (bicyclic) bond motifs is 1. The van der Waals surface area contributed by atoms with E-state index in [0.29, 0.717) is 0 Å². The molecule has 1 heterocycles. The van der Waals surface area contributed by atoms with Crippen molar-refractivity contribution in [2.45, 2.75) is 19.8 Å². The Morgan fingerprint density at radius 3 is 3.08 bits per heavy atom. The molecule has 0 amide bonds. The highest BCUT2D eigenvalue weighted by Gasteiger charge is 2.17. The smallest absolute Gasteiger partial charge is 0.128 e. The molecule has 1 nitrogen and oxygen atoms in total. The average Bonchev–Trinajstić information content (AvgIpc) is 2.18. The fraction of sp³-hybridized carbons (Fsp3) is 0.455. The lowest BCUT2D eigenvalue weighted by molar-refractivity contribution is 0.590. The highest BCUT2D eigenvalue weighted by atomic mass is 19.1. The summed E-state index contributed by atoms with van der Waals surface area (Å²) in [6.45, 7) is 4.14. The molecule has 1 aromatic rings. The average molecular weight is 179 g/mol. The second-order valence-corrected chi connectivity index (χ2v) is 3.42. The molecule has 0 fully saturated rings. The van der Waals surface area contributed by atoms with Gasteiger partial charge in [-0.3, -0.25) is 0 Å². The Morgan fingerprint density at radius 1 is 1.46 bits per heavy atom. The molecule has 2 rings (SSSR count). The highest BCUT2D eigenvalue weighted by molar-refractivity contribution is 5.55. The van der Waals surface area contributed by atoms with Crippen LogP contribution in [0.15, 0.2) is 18.2 Å². The molecule has 1 aliphatic rings. The number of hydrogen-bond acceptors (Lipinski definition) is 1. The van der Waals surface area contributed by atoms with E-state index < -0.39 is 0 Å². The number of anilines is 1. The topological polar surface area (TPSA) is 3.24 Å². The number of benzene rings is 1. The third-order valence-corrected chi connectivity index (χ3v) is 2.67. The summed E-state index contributed by atoms with van der Waals surface area (Å²) in [7, 11) is 0. The molecule has 0 aromatic heterocycles. The van der Waals surface area contributed by atoms with Crippen molar-refractivity contribution in [2.24, 2.45) is 0 Å². The highest BCUT2D eigenvalue weighted by Crippen LogP contribution is 2.28. The minimum Gasteiger partial charge on any atom is -0.371 e. The van der Waals surface area contributed by atoms with E-state index in [9.17, 15) is 4.39 Å². The molecule has 1 aromatic carbocycles. The third-order valence-electron chi connectivity index (χ3n) is 2.67. The predicted molar refractivity (Wildman–Crippen MR) is 52.6 cm³/mol. The Bertz CT molecular complexity index is 309. The Balaban J connectivity index is 2.45. The van der Waals surface area contributed by atoms with Gasteiger partial charge in [0.2, 0.25) is 0 Å². The summed E-state index contributed by atoms with van der Waals surface area (Å²) in [6.07, 6.45) is 1.96. The Morgan fingerprint density at radius 2 is 2.31 bits per heavy atom. The van der Waals surface area contributed by atoms with Crippen molar-refractivity contribution in [2.75, 3.05) is 18.0 Å². The molecular weight excluding hydrogens is 165 g/mol. The second-order valence-electron chi connectivity index (χ2n) is 3.42. The summed E-state index contributed by atoms with van der Waals surface area (Å²) in [5, 5.41) is 0. The quantitative estimate of drug-likeness (QED) is 0.640. The lowest BCUT2D eigenvalue weighted by atomic mass is 10.0. The van der Waals surface area contributed by atoms with Gasteiger partial charge < -0.3 is 4.90 Å². The minimum absolute atomic E-state index is 0.0457. The van der Waals surface area contributed by atoms with Gasteiger partial charge in [-0.1, -0.05) is 6.07 Å². The Hall–Kier alpha value is -1.05. The summed E-state index contributed by atoms with van der Waals surface area (Å²) in [6, 6.07) is 5.36. The van der Waals surface area contributed by atoms with Gasteiger partial charge >= 0.3 is 0 Å². The molecule has 0 saturated heterocycles. The van der Waals surface area contributed by atoms with E-state index in [4.69, 9.17) is 0 Å². The first-order valence-corrected chi connectivity index (χ1v) is 4.85. The maximum Gasteiger partial charge on any atom is 0.128 e. The fourth-order valence-electron chi connectivity index (χ4n) is 1.99. The normalized spacial score (nSPS) is 15.7. The van der Waals surface area contributed by atoms with Crippen molar-refractivity contribution in [1.82, 2.24) is 0 Å². The van der Waals surface area contributed by atoms with E-state index in [-0.39, 0.29) is 5.82 Å². The van der Waals surface area contributed by atoms with Gasteiger partial charge in [0.25, 0.3) is 0 Å². The first-order chi connectivity index (χ1) is 6.33. The molecule has 0 aliphatic carbocycles. The zero-order chi connectivity index (χ0) is 9.26. The molecule has 0 spiro atoms.